The van der Waals surface area contributed by atoms with Crippen molar-refractivity contribution in [1.29, 1.82) is 0 Å². The van der Waals surface area contributed by atoms with E-state index in [4.69, 9.17) is 9.84 Å². The van der Waals surface area contributed by atoms with Crippen molar-refractivity contribution >= 4 is 17.9 Å². The summed E-state index contributed by atoms with van der Waals surface area (Å²) in [6.45, 7) is 4.03. The molecular formula is C12H22N4O5. The highest BCUT2D eigenvalue weighted by Gasteiger charge is 2.10. The minimum atomic E-state index is -1.13. The Morgan fingerprint density at radius 2 is 1.76 bits per heavy atom. The molecular weight excluding hydrogens is 280 g/mol. The lowest BCUT2D eigenvalue weighted by atomic mass is 10.3. The fraction of sp³-hybridized carbons (Fsp3) is 0.750. The van der Waals surface area contributed by atoms with E-state index in [1.165, 1.54) is 0 Å². The van der Waals surface area contributed by atoms with Gasteiger partial charge in [-0.3, -0.25) is 14.5 Å². The first-order valence-electron chi connectivity index (χ1n) is 6.88. The van der Waals surface area contributed by atoms with Crippen LogP contribution in [0, 0.1) is 0 Å². The van der Waals surface area contributed by atoms with Gasteiger partial charge in [-0.05, 0) is 13.0 Å². The van der Waals surface area contributed by atoms with Crippen molar-refractivity contribution in [3.63, 3.8) is 0 Å². The van der Waals surface area contributed by atoms with Crippen molar-refractivity contribution in [2.45, 2.75) is 6.42 Å². The maximum atomic E-state index is 11.4. The first-order valence-corrected chi connectivity index (χ1v) is 6.88. The maximum absolute atomic E-state index is 11.4. The van der Waals surface area contributed by atoms with Gasteiger partial charge >= 0.3 is 12.0 Å². The first kappa shape index (κ1) is 17.2. The van der Waals surface area contributed by atoms with E-state index in [9.17, 15) is 14.4 Å². The largest absolute Gasteiger partial charge is 0.480 e. The average Bonchev–Trinajstić information content (AvgIpc) is 2.48. The Bertz CT molecular complexity index is 358. The van der Waals surface area contributed by atoms with Gasteiger partial charge in [0.05, 0.1) is 19.8 Å². The SMILES string of the molecule is O=C(O)CNC(=O)CNC(=O)NCCCN1CCOCC1. The second-order valence-corrected chi connectivity index (χ2v) is 4.59. The molecule has 1 fully saturated rings. The van der Waals surface area contributed by atoms with Gasteiger partial charge in [0.1, 0.15) is 6.54 Å². The van der Waals surface area contributed by atoms with Gasteiger partial charge in [-0.25, -0.2) is 4.79 Å². The number of nitrogens with zero attached hydrogens (tertiary/aromatic N) is 1. The molecule has 21 heavy (non-hydrogen) atoms. The summed E-state index contributed by atoms with van der Waals surface area (Å²) in [7, 11) is 0. The number of carbonyl (C=O) groups is 3. The molecule has 1 heterocycles. The fourth-order valence-electron chi connectivity index (χ4n) is 1.79. The molecule has 1 rings (SSSR count). The number of carboxylic acid groups (broad SMARTS) is 1. The lowest BCUT2D eigenvalue weighted by molar-refractivity contribution is -0.137. The minimum absolute atomic E-state index is 0.247. The topological polar surface area (TPSA) is 120 Å². The molecule has 1 saturated heterocycles. The summed E-state index contributed by atoms with van der Waals surface area (Å²) in [5.41, 5.74) is 0. The molecule has 120 valence electrons. The summed E-state index contributed by atoms with van der Waals surface area (Å²) >= 11 is 0. The van der Waals surface area contributed by atoms with Crippen molar-refractivity contribution in [3.05, 3.63) is 0 Å². The Balaban J connectivity index is 1.98. The molecule has 0 saturated carbocycles. The first-order chi connectivity index (χ1) is 10.1. The zero-order valence-corrected chi connectivity index (χ0v) is 11.9. The Kier molecular flexibility index (Phi) is 8.14. The number of morpholine rings is 1. The summed E-state index contributed by atoms with van der Waals surface area (Å²) in [5.74, 6) is -1.67. The van der Waals surface area contributed by atoms with Crippen LogP contribution in [-0.4, -0.2) is 80.4 Å². The summed E-state index contributed by atoms with van der Waals surface area (Å²) < 4.78 is 5.24. The van der Waals surface area contributed by atoms with Crippen LogP contribution in [0.5, 0.6) is 0 Å². The molecule has 0 aromatic heterocycles. The average molecular weight is 302 g/mol. The van der Waals surface area contributed by atoms with Crippen molar-refractivity contribution in [3.8, 4) is 0 Å². The van der Waals surface area contributed by atoms with Crippen molar-refractivity contribution in [2.75, 3.05) is 52.5 Å². The number of hydrogen-bond acceptors (Lipinski definition) is 5. The highest BCUT2D eigenvalue weighted by atomic mass is 16.5. The van der Waals surface area contributed by atoms with Crippen molar-refractivity contribution < 1.29 is 24.2 Å². The van der Waals surface area contributed by atoms with E-state index in [0.717, 1.165) is 39.3 Å². The molecule has 3 amide bonds. The molecule has 0 atom stereocenters. The molecule has 0 aliphatic carbocycles. The second kappa shape index (κ2) is 9.94. The van der Waals surface area contributed by atoms with Crippen LogP contribution in [0.4, 0.5) is 4.79 Å². The van der Waals surface area contributed by atoms with Crippen LogP contribution in [0.15, 0.2) is 0 Å². The number of urea groups is 1. The van der Waals surface area contributed by atoms with Crippen LogP contribution in [0.2, 0.25) is 0 Å². The zero-order valence-electron chi connectivity index (χ0n) is 11.9. The summed E-state index contributed by atoms with van der Waals surface area (Å²) in [4.78, 5) is 35.0. The van der Waals surface area contributed by atoms with Crippen LogP contribution in [0.25, 0.3) is 0 Å². The molecule has 0 bridgehead atoms. The summed E-state index contributed by atoms with van der Waals surface area (Å²) in [6.07, 6.45) is 0.818. The van der Waals surface area contributed by atoms with E-state index in [2.05, 4.69) is 20.9 Å². The van der Waals surface area contributed by atoms with Crippen LogP contribution in [-0.2, 0) is 14.3 Å². The molecule has 1 aliphatic rings. The highest BCUT2D eigenvalue weighted by molar-refractivity contribution is 5.86. The van der Waals surface area contributed by atoms with Crippen LogP contribution < -0.4 is 16.0 Å². The lowest BCUT2D eigenvalue weighted by Gasteiger charge is -2.26. The number of carboxylic acids is 1. The van der Waals surface area contributed by atoms with Gasteiger partial charge in [0.25, 0.3) is 0 Å². The predicted molar refractivity (Wildman–Crippen MR) is 73.9 cm³/mol. The monoisotopic (exact) mass is 302 g/mol. The number of aliphatic carboxylic acids is 1. The Labute approximate surface area is 123 Å². The molecule has 0 aromatic rings. The van der Waals surface area contributed by atoms with Crippen LogP contribution >= 0.6 is 0 Å². The van der Waals surface area contributed by atoms with E-state index in [1.807, 2.05) is 0 Å². The van der Waals surface area contributed by atoms with Crippen molar-refractivity contribution in [1.82, 2.24) is 20.9 Å². The lowest BCUT2D eigenvalue weighted by Crippen LogP contribution is -2.44. The molecule has 0 unspecified atom stereocenters. The molecule has 4 N–H and O–H groups in total. The molecule has 0 aromatic carbocycles. The van der Waals surface area contributed by atoms with E-state index in [0.29, 0.717) is 6.54 Å². The molecule has 0 spiro atoms. The third kappa shape index (κ3) is 8.82. The minimum Gasteiger partial charge on any atom is -0.480 e. The van der Waals surface area contributed by atoms with Gasteiger partial charge in [-0.15, -0.1) is 0 Å². The standard InChI is InChI=1S/C12H22N4O5/c17-10(14-9-11(18)19)8-15-12(20)13-2-1-3-16-4-6-21-7-5-16/h1-9H2,(H,14,17)(H,18,19)(H2,13,15,20). The molecule has 9 heteroatoms. The Morgan fingerprint density at radius 3 is 2.43 bits per heavy atom. The van der Waals surface area contributed by atoms with Gasteiger partial charge in [0.2, 0.25) is 5.91 Å². The van der Waals surface area contributed by atoms with Gasteiger partial charge in [0, 0.05) is 19.6 Å². The summed E-state index contributed by atoms with van der Waals surface area (Å²) in [5, 5.41) is 15.5. The predicted octanol–water partition coefficient (Wildman–Crippen LogP) is -1.79. The molecule has 1 aliphatic heterocycles. The van der Waals surface area contributed by atoms with Gasteiger partial charge in [-0.1, -0.05) is 0 Å². The van der Waals surface area contributed by atoms with E-state index in [1.54, 1.807) is 0 Å². The number of hydrogen-bond donors (Lipinski definition) is 4. The van der Waals surface area contributed by atoms with E-state index < -0.39 is 24.5 Å². The zero-order chi connectivity index (χ0) is 15.5. The molecule has 9 nitrogen and oxygen atoms in total. The van der Waals surface area contributed by atoms with Gasteiger partial charge < -0.3 is 25.8 Å². The van der Waals surface area contributed by atoms with Crippen LogP contribution in [0.3, 0.4) is 0 Å². The number of nitrogens with one attached hydrogen (secondary N) is 3. The van der Waals surface area contributed by atoms with Crippen LogP contribution in [0.1, 0.15) is 6.42 Å². The number of ether oxygens (including phenoxy) is 1. The quantitative estimate of drug-likeness (QED) is 0.393. The Morgan fingerprint density at radius 1 is 1.05 bits per heavy atom. The fourth-order valence-corrected chi connectivity index (χ4v) is 1.79. The van der Waals surface area contributed by atoms with Gasteiger partial charge in [0.15, 0.2) is 0 Å². The number of amides is 3. The van der Waals surface area contributed by atoms with Crippen molar-refractivity contribution in [2.24, 2.45) is 0 Å². The Hall–Kier alpha value is -1.87. The maximum Gasteiger partial charge on any atom is 0.322 e. The van der Waals surface area contributed by atoms with E-state index in [-0.39, 0.29) is 6.54 Å². The smallest absolute Gasteiger partial charge is 0.322 e. The molecule has 0 radical (unpaired) electrons. The highest BCUT2D eigenvalue weighted by Crippen LogP contribution is 1.97. The van der Waals surface area contributed by atoms with Gasteiger partial charge in [-0.2, -0.15) is 0 Å². The summed E-state index contributed by atoms with van der Waals surface area (Å²) in [6, 6.07) is -0.442. The number of carbonyl (C=O) groups excluding carboxylic acids is 2. The normalized spacial score (nSPS) is 15.2. The van der Waals surface area contributed by atoms with E-state index >= 15 is 0 Å². The number of rotatable bonds is 8. The third-order valence-corrected chi connectivity index (χ3v) is 2.89. The second-order valence-electron chi connectivity index (χ2n) is 4.59. The third-order valence-electron chi connectivity index (χ3n) is 2.89.